The third-order valence-electron chi connectivity index (χ3n) is 4.50. The zero-order valence-electron chi connectivity index (χ0n) is 17.2. The summed E-state index contributed by atoms with van der Waals surface area (Å²) in [6.45, 7) is -0.111. The molecule has 8 nitrogen and oxygen atoms in total. The fourth-order valence-corrected chi connectivity index (χ4v) is 3.05. The van der Waals surface area contributed by atoms with Crippen molar-refractivity contribution in [2.24, 2.45) is 5.10 Å². The van der Waals surface area contributed by atoms with Crippen LogP contribution in [0, 0.1) is 5.82 Å². The number of carbonyl (C=O) groups is 1. The Balaban J connectivity index is 1.26. The molecule has 3 aromatic carbocycles. The van der Waals surface area contributed by atoms with Gasteiger partial charge in [0.25, 0.3) is 5.91 Å². The monoisotopic (exact) mass is 464 g/mol. The molecule has 0 saturated carbocycles. The van der Waals surface area contributed by atoms with E-state index in [4.69, 9.17) is 16.3 Å². The Morgan fingerprint density at radius 2 is 1.88 bits per heavy atom. The predicted molar refractivity (Wildman–Crippen MR) is 121 cm³/mol. The van der Waals surface area contributed by atoms with Crippen LogP contribution in [-0.4, -0.2) is 32.3 Å². The van der Waals surface area contributed by atoms with Crippen molar-refractivity contribution in [3.05, 3.63) is 94.8 Å². The maximum Gasteiger partial charge on any atom is 0.263 e. The lowest BCUT2D eigenvalue weighted by Gasteiger charge is -2.08. The van der Waals surface area contributed by atoms with Crippen molar-refractivity contribution in [3.63, 3.8) is 0 Å². The minimum absolute atomic E-state index is 0.0112. The molecule has 1 aromatic heterocycles. The SMILES string of the molecule is O=C(Cn1nnc(-c2ccccc2)n1)N/N=C/c1ccc(OCc2c(F)cccc2Cl)cc1. The summed E-state index contributed by atoms with van der Waals surface area (Å²) in [5.41, 5.74) is 4.26. The summed E-state index contributed by atoms with van der Waals surface area (Å²) in [6, 6.07) is 20.7. The molecule has 1 amide bonds. The lowest BCUT2D eigenvalue weighted by molar-refractivity contribution is -0.122. The highest BCUT2D eigenvalue weighted by molar-refractivity contribution is 6.31. The number of aromatic nitrogens is 4. The number of carbonyl (C=O) groups excluding carboxylic acids is 1. The van der Waals surface area contributed by atoms with Gasteiger partial charge in [0.2, 0.25) is 5.82 Å². The Bertz CT molecular complexity index is 1240. The van der Waals surface area contributed by atoms with Crippen LogP contribution < -0.4 is 10.2 Å². The molecule has 33 heavy (non-hydrogen) atoms. The minimum Gasteiger partial charge on any atom is -0.489 e. The molecule has 4 rings (SSSR count). The molecule has 166 valence electrons. The first kappa shape index (κ1) is 22.1. The van der Waals surface area contributed by atoms with E-state index in [0.29, 0.717) is 22.2 Å². The van der Waals surface area contributed by atoms with Gasteiger partial charge in [-0.25, -0.2) is 9.82 Å². The van der Waals surface area contributed by atoms with E-state index in [1.54, 1.807) is 36.4 Å². The van der Waals surface area contributed by atoms with Crippen LogP contribution in [-0.2, 0) is 17.9 Å². The molecule has 0 aliphatic rings. The lowest BCUT2D eigenvalue weighted by atomic mass is 10.2. The molecule has 0 atom stereocenters. The number of nitrogens with one attached hydrogen (secondary N) is 1. The minimum atomic E-state index is -0.417. The molecule has 0 aliphatic heterocycles. The number of amides is 1. The van der Waals surface area contributed by atoms with Crippen LogP contribution in [0.2, 0.25) is 5.02 Å². The summed E-state index contributed by atoms with van der Waals surface area (Å²) in [6.07, 6.45) is 1.49. The number of nitrogens with zero attached hydrogens (tertiary/aromatic N) is 5. The first-order valence-corrected chi connectivity index (χ1v) is 10.3. The Hall–Kier alpha value is -4.11. The average molecular weight is 465 g/mol. The van der Waals surface area contributed by atoms with E-state index in [1.807, 2.05) is 30.3 Å². The van der Waals surface area contributed by atoms with Crippen LogP contribution in [0.15, 0.2) is 77.9 Å². The molecular weight excluding hydrogens is 447 g/mol. The van der Waals surface area contributed by atoms with E-state index < -0.39 is 11.7 Å². The van der Waals surface area contributed by atoms with Crippen molar-refractivity contribution in [1.29, 1.82) is 0 Å². The van der Waals surface area contributed by atoms with Gasteiger partial charge in [-0.2, -0.15) is 9.90 Å². The highest BCUT2D eigenvalue weighted by Crippen LogP contribution is 2.21. The number of hydrazone groups is 1. The van der Waals surface area contributed by atoms with Crippen LogP contribution in [0.4, 0.5) is 4.39 Å². The largest absolute Gasteiger partial charge is 0.489 e. The molecule has 0 aliphatic carbocycles. The van der Waals surface area contributed by atoms with Crippen molar-refractivity contribution in [2.75, 3.05) is 0 Å². The van der Waals surface area contributed by atoms with E-state index in [2.05, 4.69) is 25.9 Å². The number of rotatable bonds is 8. The van der Waals surface area contributed by atoms with Gasteiger partial charge in [-0.1, -0.05) is 48.0 Å². The van der Waals surface area contributed by atoms with Crippen LogP contribution >= 0.6 is 11.6 Å². The Morgan fingerprint density at radius 3 is 2.64 bits per heavy atom. The van der Waals surface area contributed by atoms with Gasteiger partial charge < -0.3 is 4.74 Å². The van der Waals surface area contributed by atoms with Gasteiger partial charge in [-0.05, 0) is 47.2 Å². The zero-order chi connectivity index (χ0) is 23.0. The first-order valence-electron chi connectivity index (χ1n) is 9.89. The highest BCUT2D eigenvalue weighted by atomic mass is 35.5. The summed E-state index contributed by atoms with van der Waals surface area (Å²) in [7, 11) is 0. The van der Waals surface area contributed by atoms with Crippen LogP contribution in [0.5, 0.6) is 5.75 Å². The maximum absolute atomic E-state index is 13.8. The van der Waals surface area contributed by atoms with Crippen molar-refractivity contribution >= 4 is 23.7 Å². The molecule has 0 bridgehead atoms. The van der Waals surface area contributed by atoms with Crippen molar-refractivity contribution < 1.29 is 13.9 Å². The van der Waals surface area contributed by atoms with Gasteiger partial charge in [0.05, 0.1) is 11.2 Å². The maximum atomic E-state index is 13.8. The normalized spacial score (nSPS) is 11.0. The molecule has 4 aromatic rings. The van der Waals surface area contributed by atoms with E-state index in [0.717, 1.165) is 11.1 Å². The Morgan fingerprint density at radius 1 is 1.09 bits per heavy atom. The van der Waals surface area contributed by atoms with E-state index in [-0.39, 0.29) is 13.2 Å². The second-order valence-corrected chi connectivity index (χ2v) is 7.27. The number of halogens is 2. The summed E-state index contributed by atoms with van der Waals surface area (Å²) in [5.74, 6) is 0.165. The third-order valence-corrected chi connectivity index (χ3v) is 4.85. The van der Waals surface area contributed by atoms with Gasteiger partial charge in [0.15, 0.2) is 0 Å². The predicted octanol–water partition coefficient (Wildman–Crippen LogP) is 3.86. The molecule has 0 fully saturated rings. The smallest absolute Gasteiger partial charge is 0.263 e. The first-order chi connectivity index (χ1) is 16.1. The molecule has 1 heterocycles. The fraction of sp³-hybridized carbons (Fsp3) is 0.0870. The van der Waals surface area contributed by atoms with Crippen molar-refractivity contribution in [1.82, 2.24) is 25.6 Å². The Kier molecular flexibility index (Phi) is 7.01. The lowest BCUT2D eigenvalue weighted by Crippen LogP contribution is -2.24. The van der Waals surface area contributed by atoms with E-state index in [1.165, 1.54) is 17.1 Å². The summed E-state index contributed by atoms with van der Waals surface area (Å²) < 4.78 is 19.4. The van der Waals surface area contributed by atoms with Crippen LogP contribution in [0.1, 0.15) is 11.1 Å². The zero-order valence-corrected chi connectivity index (χ0v) is 18.0. The molecule has 0 unspecified atom stereocenters. The second kappa shape index (κ2) is 10.5. The quantitative estimate of drug-likeness (QED) is 0.315. The summed E-state index contributed by atoms with van der Waals surface area (Å²) >= 11 is 6.00. The summed E-state index contributed by atoms with van der Waals surface area (Å²) in [4.78, 5) is 13.3. The number of ether oxygens (including phenoxy) is 1. The number of benzene rings is 3. The van der Waals surface area contributed by atoms with Gasteiger partial charge in [-0.3, -0.25) is 4.79 Å². The molecule has 1 N–H and O–H groups in total. The van der Waals surface area contributed by atoms with Gasteiger partial charge in [-0.15, -0.1) is 10.2 Å². The van der Waals surface area contributed by atoms with Crippen LogP contribution in [0.3, 0.4) is 0 Å². The molecule has 0 spiro atoms. The second-order valence-electron chi connectivity index (χ2n) is 6.86. The van der Waals surface area contributed by atoms with Crippen LogP contribution in [0.25, 0.3) is 11.4 Å². The fourth-order valence-electron chi connectivity index (χ4n) is 2.83. The number of hydrogen-bond donors (Lipinski definition) is 1. The Labute approximate surface area is 193 Å². The average Bonchev–Trinajstić information content (AvgIpc) is 3.29. The van der Waals surface area contributed by atoms with Gasteiger partial charge in [0.1, 0.15) is 24.7 Å². The molecule has 0 saturated heterocycles. The molecule has 0 radical (unpaired) electrons. The van der Waals surface area contributed by atoms with Gasteiger partial charge in [0, 0.05) is 11.1 Å². The molecule has 10 heteroatoms. The topological polar surface area (TPSA) is 94.3 Å². The number of hydrogen-bond acceptors (Lipinski definition) is 6. The summed E-state index contributed by atoms with van der Waals surface area (Å²) in [5, 5.41) is 16.2. The van der Waals surface area contributed by atoms with E-state index in [9.17, 15) is 9.18 Å². The molecular formula is C23H18ClFN6O2. The van der Waals surface area contributed by atoms with Gasteiger partial charge >= 0.3 is 0 Å². The van der Waals surface area contributed by atoms with Crippen molar-refractivity contribution in [2.45, 2.75) is 13.2 Å². The van der Waals surface area contributed by atoms with E-state index >= 15 is 0 Å². The third kappa shape index (κ3) is 5.98. The standard InChI is InChI=1S/C23H18ClFN6O2/c24-20-7-4-8-21(25)19(20)15-33-18-11-9-16(10-12-18)13-26-27-22(32)14-31-29-23(28-30-31)17-5-2-1-3-6-17/h1-13H,14-15H2,(H,27,32)/b26-13+. The highest BCUT2D eigenvalue weighted by Gasteiger charge is 2.09. The van der Waals surface area contributed by atoms with Crippen molar-refractivity contribution in [3.8, 4) is 17.1 Å². The number of tetrazole rings is 1.